The average molecular weight is 302 g/mol. The van der Waals surface area contributed by atoms with Gasteiger partial charge in [-0.25, -0.2) is 0 Å². The van der Waals surface area contributed by atoms with Gasteiger partial charge in [-0.3, -0.25) is 4.79 Å². The summed E-state index contributed by atoms with van der Waals surface area (Å²) in [5, 5.41) is 0. The predicted molar refractivity (Wildman–Crippen MR) is 73.0 cm³/mol. The third kappa shape index (κ3) is 4.35. The third-order valence-electron chi connectivity index (χ3n) is 3.26. The van der Waals surface area contributed by atoms with Gasteiger partial charge in [-0.15, -0.1) is 0 Å². The van der Waals surface area contributed by atoms with Crippen LogP contribution in [0.1, 0.15) is 18.4 Å². The number of anilines is 2. The van der Waals surface area contributed by atoms with Crippen molar-refractivity contribution in [3.63, 3.8) is 0 Å². The molecule has 0 aromatic heterocycles. The highest BCUT2D eigenvalue weighted by atomic mass is 19.4. The van der Waals surface area contributed by atoms with Crippen LogP contribution in [0.15, 0.2) is 18.2 Å². The van der Waals surface area contributed by atoms with E-state index in [0.717, 1.165) is 24.1 Å². The number of carbonyl (C=O) groups excluding carboxylic acids is 1. The average Bonchev–Trinajstić information content (AvgIpc) is 2.41. The van der Waals surface area contributed by atoms with Crippen molar-refractivity contribution < 1.29 is 22.7 Å². The van der Waals surface area contributed by atoms with Gasteiger partial charge in [0.05, 0.1) is 13.0 Å². The fourth-order valence-corrected chi connectivity index (χ4v) is 2.33. The van der Waals surface area contributed by atoms with Gasteiger partial charge in [-0.2, -0.15) is 13.2 Å². The summed E-state index contributed by atoms with van der Waals surface area (Å²) < 4.78 is 40.3. The van der Waals surface area contributed by atoms with Crippen molar-refractivity contribution >= 4 is 17.3 Å². The van der Waals surface area contributed by atoms with Crippen molar-refractivity contribution in [1.82, 2.24) is 0 Å². The molecule has 1 amide bonds. The summed E-state index contributed by atoms with van der Waals surface area (Å²) in [7, 11) is 0. The molecule has 116 valence electrons. The van der Waals surface area contributed by atoms with Gasteiger partial charge in [0.2, 0.25) is 5.91 Å². The lowest BCUT2D eigenvalue weighted by molar-refractivity contribution is -0.174. The Kier molecular flexibility index (Phi) is 4.72. The Morgan fingerprint density at radius 1 is 1.38 bits per heavy atom. The first-order valence-electron chi connectivity index (χ1n) is 6.70. The fraction of sp³-hybridized carbons (Fsp3) is 0.500. The minimum Gasteiger partial charge on any atom is -0.399 e. The molecule has 0 fully saturated rings. The molecule has 1 aromatic rings. The Bertz CT molecular complexity index is 517. The van der Waals surface area contributed by atoms with Gasteiger partial charge in [0.1, 0.15) is 6.61 Å². The maximum atomic E-state index is 12.1. The number of benzene rings is 1. The first kappa shape index (κ1) is 15.6. The molecule has 0 saturated carbocycles. The fourth-order valence-electron chi connectivity index (χ4n) is 2.33. The Labute approximate surface area is 120 Å². The van der Waals surface area contributed by atoms with Crippen LogP contribution in [0, 0.1) is 0 Å². The molecular formula is C14H17F3N2O2. The maximum Gasteiger partial charge on any atom is 0.411 e. The second-order valence-electron chi connectivity index (χ2n) is 4.95. The molecule has 1 heterocycles. The number of hydrogen-bond acceptors (Lipinski definition) is 3. The molecule has 1 aromatic carbocycles. The lowest BCUT2D eigenvalue weighted by Gasteiger charge is -2.29. The summed E-state index contributed by atoms with van der Waals surface area (Å²) in [6.45, 7) is -1.02. The van der Waals surface area contributed by atoms with E-state index in [1.54, 1.807) is 17.0 Å². The van der Waals surface area contributed by atoms with Crippen LogP contribution in [0.5, 0.6) is 0 Å². The highest BCUT2D eigenvalue weighted by Gasteiger charge is 2.28. The molecule has 0 bridgehead atoms. The van der Waals surface area contributed by atoms with Crippen LogP contribution < -0.4 is 10.6 Å². The maximum absolute atomic E-state index is 12.1. The Hall–Kier alpha value is -1.76. The number of hydrogen-bond donors (Lipinski definition) is 1. The van der Waals surface area contributed by atoms with Gasteiger partial charge in [0.15, 0.2) is 0 Å². The van der Waals surface area contributed by atoms with Gasteiger partial charge < -0.3 is 15.4 Å². The van der Waals surface area contributed by atoms with E-state index in [1.807, 2.05) is 6.07 Å². The lowest BCUT2D eigenvalue weighted by Crippen LogP contribution is -2.36. The normalized spacial score (nSPS) is 14.9. The molecule has 0 unspecified atom stereocenters. The zero-order valence-electron chi connectivity index (χ0n) is 11.4. The molecule has 7 heteroatoms. The number of nitrogen functional groups attached to an aromatic ring is 1. The van der Waals surface area contributed by atoms with Crippen molar-refractivity contribution in [1.29, 1.82) is 0 Å². The second-order valence-corrected chi connectivity index (χ2v) is 4.95. The van der Waals surface area contributed by atoms with Crippen LogP contribution in [0.3, 0.4) is 0 Å². The highest BCUT2D eigenvalue weighted by molar-refractivity contribution is 5.95. The molecule has 0 aliphatic carbocycles. The van der Waals surface area contributed by atoms with Gasteiger partial charge >= 0.3 is 6.18 Å². The number of ether oxygens (including phenoxy) is 1. The molecule has 0 spiro atoms. The van der Waals surface area contributed by atoms with Crippen LogP contribution in [0.2, 0.25) is 0 Å². The Morgan fingerprint density at radius 2 is 2.14 bits per heavy atom. The highest BCUT2D eigenvalue weighted by Crippen LogP contribution is 2.29. The number of nitrogens with zero attached hydrogens (tertiary/aromatic N) is 1. The molecule has 0 atom stereocenters. The summed E-state index contributed by atoms with van der Waals surface area (Å²) >= 11 is 0. The first-order valence-corrected chi connectivity index (χ1v) is 6.70. The van der Waals surface area contributed by atoms with Crippen LogP contribution in [0.25, 0.3) is 0 Å². The number of halogens is 3. The van der Waals surface area contributed by atoms with E-state index in [1.165, 1.54) is 0 Å². The largest absolute Gasteiger partial charge is 0.411 e. The molecular weight excluding hydrogens is 285 g/mol. The number of rotatable bonds is 4. The summed E-state index contributed by atoms with van der Waals surface area (Å²) in [4.78, 5) is 13.7. The minimum absolute atomic E-state index is 0.0790. The van der Waals surface area contributed by atoms with Gasteiger partial charge in [-0.1, -0.05) is 6.07 Å². The van der Waals surface area contributed by atoms with E-state index in [-0.39, 0.29) is 18.9 Å². The summed E-state index contributed by atoms with van der Waals surface area (Å²) in [5.41, 5.74) is 8.06. The molecule has 1 aliphatic rings. The van der Waals surface area contributed by atoms with Gasteiger partial charge in [0.25, 0.3) is 0 Å². The summed E-state index contributed by atoms with van der Waals surface area (Å²) in [6, 6.07) is 5.38. The van der Waals surface area contributed by atoms with Crippen molar-refractivity contribution in [3.8, 4) is 0 Å². The van der Waals surface area contributed by atoms with E-state index in [2.05, 4.69) is 4.74 Å². The first-order chi connectivity index (χ1) is 9.87. The van der Waals surface area contributed by atoms with Crippen LogP contribution in [-0.4, -0.2) is 31.8 Å². The molecule has 4 nitrogen and oxygen atoms in total. The van der Waals surface area contributed by atoms with Crippen LogP contribution in [0.4, 0.5) is 24.5 Å². The Balaban J connectivity index is 1.94. The number of carbonyl (C=O) groups is 1. The minimum atomic E-state index is -4.37. The number of alkyl halides is 3. The lowest BCUT2D eigenvalue weighted by atomic mass is 10.0. The predicted octanol–water partition coefficient (Wildman–Crippen LogP) is 2.52. The summed E-state index contributed by atoms with van der Waals surface area (Å²) in [6.07, 6.45) is -2.75. The molecule has 0 saturated heterocycles. The van der Waals surface area contributed by atoms with Crippen LogP contribution >= 0.6 is 0 Å². The smallest absolute Gasteiger partial charge is 0.399 e. The quantitative estimate of drug-likeness (QED) is 0.687. The Morgan fingerprint density at radius 3 is 2.86 bits per heavy atom. The molecule has 1 aliphatic heterocycles. The summed E-state index contributed by atoms with van der Waals surface area (Å²) in [5.74, 6) is -0.247. The van der Waals surface area contributed by atoms with E-state index in [9.17, 15) is 18.0 Å². The van der Waals surface area contributed by atoms with Gasteiger partial charge in [-0.05, 0) is 30.5 Å². The third-order valence-corrected chi connectivity index (χ3v) is 3.26. The van der Waals surface area contributed by atoms with E-state index < -0.39 is 12.8 Å². The topological polar surface area (TPSA) is 55.6 Å². The molecule has 2 N–H and O–H groups in total. The number of amides is 1. The second kappa shape index (κ2) is 6.34. The van der Waals surface area contributed by atoms with Crippen molar-refractivity contribution in [2.75, 3.05) is 30.4 Å². The molecule has 2 rings (SSSR count). The van der Waals surface area contributed by atoms with Crippen LogP contribution in [-0.2, 0) is 16.0 Å². The van der Waals surface area contributed by atoms with E-state index >= 15 is 0 Å². The monoisotopic (exact) mass is 302 g/mol. The molecule has 21 heavy (non-hydrogen) atoms. The zero-order valence-corrected chi connectivity index (χ0v) is 11.4. The zero-order chi connectivity index (χ0) is 15.5. The van der Waals surface area contributed by atoms with Crippen molar-refractivity contribution in [2.45, 2.75) is 25.4 Å². The number of nitrogens with two attached hydrogens (primary N) is 1. The molecule has 0 radical (unpaired) electrons. The number of fused-ring (bicyclic) bond motifs is 1. The van der Waals surface area contributed by atoms with Crippen molar-refractivity contribution in [3.05, 3.63) is 23.8 Å². The number of aryl methyl sites for hydroxylation is 1. The van der Waals surface area contributed by atoms with E-state index in [4.69, 9.17) is 5.73 Å². The SMILES string of the molecule is Nc1ccc2c(c1)N(C(=O)CCOCC(F)(F)F)CCC2. The van der Waals surface area contributed by atoms with Gasteiger partial charge in [0, 0.05) is 17.9 Å². The standard InChI is InChI=1S/C14H17F3N2O2/c15-14(16,17)9-21-7-5-13(20)19-6-1-2-10-3-4-11(18)8-12(10)19/h3-4,8H,1-2,5-7,9,18H2. The van der Waals surface area contributed by atoms with E-state index in [0.29, 0.717) is 12.2 Å². The van der Waals surface area contributed by atoms with Crippen molar-refractivity contribution in [2.24, 2.45) is 0 Å².